The number of hydrogen-bond donors (Lipinski definition) is 1. The molecule has 0 bridgehead atoms. The molecule has 0 radical (unpaired) electrons. The van der Waals surface area contributed by atoms with Gasteiger partial charge in [0.25, 0.3) is 0 Å². The lowest BCUT2D eigenvalue weighted by molar-refractivity contribution is 0.319. The molecule has 0 saturated carbocycles. The zero-order valence-corrected chi connectivity index (χ0v) is 12.9. The predicted molar refractivity (Wildman–Crippen MR) is 84.9 cm³/mol. The van der Waals surface area contributed by atoms with Crippen LogP contribution in [0.15, 0.2) is 46.9 Å². The maximum Gasteiger partial charge on any atom is 0.0371 e. The number of aryl methyl sites for hydroxylation is 1. The van der Waals surface area contributed by atoms with Crippen molar-refractivity contribution in [2.45, 2.75) is 20.0 Å². The Morgan fingerprint density at radius 1 is 1.11 bits per heavy atom. The molecular weight excluding hydrogens is 300 g/mol. The van der Waals surface area contributed by atoms with Crippen LogP contribution in [0.2, 0.25) is 0 Å². The molecule has 2 rings (SSSR count). The molecule has 0 aliphatic carbocycles. The Balaban J connectivity index is 2.07. The third-order valence-electron chi connectivity index (χ3n) is 3.12. The molecule has 0 heterocycles. The van der Waals surface area contributed by atoms with Crippen molar-refractivity contribution >= 4 is 21.6 Å². The van der Waals surface area contributed by atoms with Gasteiger partial charge in [-0.25, -0.2) is 0 Å². The molecular formula is C16H19BrN2. The number of rotatable bonds is 4. The quantitative estimate of drug-likeness (QED) is 0.864. The second-order valence-corrected chi connectivity index (χ2v) is 5.82. The summed E-state index contributed by atoms with van der Waals surface area (Å²) in [6.07, 6.45) is 0. The standard InChI is InChI=1S/C16H19BrN2/c1-12-5-3-6-13(9-12)10-19(2)11-14-15(17)7-4-8-16(14)18/h3-9H,10-11,18H2,1-2H3. The van der Waals surface area contributed by atoms with Gasteiger partial charge in [0, 0.05) is 28.8 Å². The van der Waals surface area contributed by atoms with E-state index >= 15 is 0 Å². The molecule has 0 fully saturated rings. The molecule has 0 saturated heterocycles. The lowest BCUT2D eigenvalue weighted by atomic mass is 10.1. The Kier molecular flexibility index (Phi) is 4.61. The van der Waals surface area contributed by atoms with Crippen LogP contribution in [0.3, 0.4) is 0 Å². The van der Waals surface area contributed by atoms with Gasteiger partial charge in [-0.3, -0.25) is 4.90 Å². The third kappa shape index (κ3) is 3.82. The summed E-state index contributed by atoms with van der Waals surface area (Å²) >= 11 is 3.57. The molecule has 0 aliphatic rings. The minimum atomic E-state index is 0.835. The third-order valence-corrected chi connectivity index (χ3v) is 3.86. The molecule has 2 nitrogen and oxygen atoms in total. The largest absolute Gasteiger partial charge is 0.398 e. The van der Waals surface area contributed by atoms with Crippen molar-refractivity contribution in [1.82, 2.24) is 4.90 Å². The summed E-state index contributed by atoms with van der Waals surface area (Å²) in [6, 6.07) is 14.5. The molecule has 0 atom stereocenters. The van der Waals surface area contributed by atoms with Gasteiger partial charge in [0.15, 0.2) is 0 Å². The van der Waals surface area contributed by atoms with Gasteiger partial charge in [0.1, 0.15) is 0 Å². The van der Waals surface area contributed by atoms with Crippen molar-refractivity contribution in [3.05, 3.63) is 63.6 Å². The van der Waals surface area contributed by atoms with Gasteiger partial charge < -0.3 is 5.73 Å². The SMILES string of the molecule is Cc1cccc(CN(C)Cc2c(N)cccc2Br)c1. The van der Waals surface area contributed by atoms with Crippen molar-refractivity contribution in [2.24, 2.45) is 0 Å². The van der Waals surface area contributed by atoms with Crippen LogP contribution >= 0.6 is 15.9 Å². The van der Waals surface area contributed by atoms with E-state index in [4.69, 9.17) is 5.73 Å². The summed E-state index contributed by atoms with van der Waals surface area (Å²) in [7, 11) is 2.11. The molecule has 19 heavy (non-hydrogen) atoms. The van der Waals surface area contributed by atoms with Gasteiger partial charge in [-0.05, 0) is 31.7 Å². The van der Waals surface area contributed by atoms with Crippen LogP contribution in [0.5, 0.6) is 0 Å². The maximum absolute atomic E-state index is 6.03. The highest BCUT2D eigenvalue weighted by molar-refractivity contribution is 9.10. The lowest BCUT2D eigenvalue weighted by Gasteiger charge is -2.19. The Bertz CT molecular complexity index is 546. The van der Waals surface area contributed by atoms with E-state index in [9.17, 15) is 0 Å². The zero-order valence-electron chi connectivity index (χ0n) is 11.4. The molecule has 2 aromatic carbocycles. The fourth-order valence-corrected chi connectivity index (χ4v) is 2.70. The summed E-state index contributed by atoms with van der Waals surface area (Å²) in [5, 5.41) is 0. The summed E-state index contributed by atoms with van der Waals surface area (Å²) < 4.78 is 1.07. The Hall–Kier alpha value is -1.32. The smallest absolute Gasteiger partial charge is 0.0371 e. The Labute approximate surface area is 123 Å². The number of halogens is 1. The maximum atomic E-state index is 6.03. The first-order valence-electron chi connectivity index (χ1n) is 6.33. The van der Waals surface area contributed by atoms with E-state index in [1.807, 2.05) is 18.2 Å². The summed E-state index contributed by atoms with van der Waals surface area (Å²) in [6.45, 7) is 3.87. The van der Waals surface area contributed by atoms with Crippen molar-refractivity contribution in [1.29, 1.82) is 0 Å². The molecule has 2 aromatic rings. The van der Waals surface area contributed by atoms with E-state index in [0.29, 0.717) is 0 Å². The van der Waals surface area contributed by atoms with Crippen LogP contribution in [-0.2, 0) is 13.1 Å². The summed E-state index contributed by atoms with van der Waals surface area (Å²) in [4.78, 5) is 2.27. The van der Waals surface area contributed by atoms with Crippen molar-refractivity contribution in [3.8, 4) is 0 Å². The van der Waals surface area contributed by atoms with Crippen molar-refractivity contribution in [3.63, 3.8) is 0 Å². The van der Waals surface area contributed by atoms with Gasteiger partial charge >= 0.3 is 0 Å². The second kappa shape index (κ2) is 6.22. The topological polar surface area (TPSA) is 29.3 Å². The van der Waals surface area contributed by atoms with Crippen molar-refractivity contribution < 1.29 is 0 Å². The van der Waals surface area contributed by atoms with Crippen LogP contribution in [0.1, 0.15) is 16.7 Å². The number of nitrogen functional groups attached to an aromatic ring is 1. The zero-order chi connectivity index (χ0) is 13.8. The molecule has 3 heteroatoms. The van der Waals surface area contributed by atoms with E-state index < -0.39 is 0 Å². The first kappa shape index (κ1) is 14.1. The van der Waals surface area contributed by atoms with Crippen LogP contribution in [0, 0.1) is 6.92 Å². The van der Waals surface area contributed by atoms with E-state index in [2.05, 4.69) is 59.1 Å². The molecule has 0 aromatic heterocycles. The minimum absolute atomic E-state index is 0.835. The van der Waals surface area contributed by atoms with Gasteiger partial charge in [-0.15, -0.1) is 0 Å². The normalized spacial score (nSPS) is 10.9. The van der Waals surface area contributed by atoms with Gasteiger partial charge in [-0.2, -0.15) is 0 Å². The fraction of sp³-hybridized carbons (Fsp3) is 0.250. The summed E-state index contributed by atoms with van der Waals surface area (Å²) in [5.74, 6) is 0. The van der Waals surface area contributed by atoms with Crippen LogP contribution < -0.4 is 5.73 Å². The minimum Gasteiger partial charge on any atom is -0.398 e. The highest BCUT2D eigenvalue weighted by Gasteiger charge is 2.08. The molecule has 0 spiro atoms. The lowest BCUT2D eigenvalue weighted by Crippen LogP contribution is -2.18. The average Bonchev–Trinajstić information content (AvgIpc) is 2.34. The van der Waals surface area contributed by atoms with Gasteiger partial charge in [-0.1, -0.05) is 51.8 Å². The molecule has 100 valence electrons. The molecule has 0 unspecified atom stereocenters. The summed E-state index contributed by atoms with van der Waals surface area (Å²) in [5.41, 5.74) is 10.6. The number of nitrogens with two attached hydrogens (primary N) is 1. The molecule has 2 N–H and O–H groups in total. The van der Waals surface area contributed by atoms with E-state index in [0.717, 1.165) is 28.8 Å². The van der Waals surface area contributed by atoms with E-state index in [1.54, 1.807) is 0 Å². The fourth-order valence-electron chi connectivity index (χ4n) is 2.19. The highest BCUT2D eigenvalue weighted by Crippen LogP contribution is 2.24. The number of anilines is 1. The molecule has 0 amide bonds. The van der Waals surface area contributed by atoms with Crippen LogP contribution in [0.4, 0.5) is 5.69 Å². The van der Waals surface area contributed by atoms with Gasteiger partial charge in [0.2, 0.25) is 0 Å². The Morgan fingerprint density at radius 2 is 1.84 bits per heavy atom. The molecule has 0 aliphatic heterocycles. The van der Waals surface area contributed by atoms with E-state index in [-0.39, 0.29) is 0 Å². The monoisotopic (exact) mass is 318 g/mol. The number of hydrogen-bond acceptors (Lipinski definition) is 2. The number of nitrogens with zero attached hydrogens (tertiary/aromatic N) is 1. The first-order chi connectivity index (χ1) is 9.06. The Morgan fingerprint density at radius 3 is 2.53 bits per heavy atom. The first-order valence-corrected chi connectivity index (χ1v) is 7.12. The second-order valence-electron chi connectivity index (χ2n) is 4.97. The predicted octanol–water partition coefficient (Wildman–Crippen LogP) is 3.97. The highest BCUT2D eigenvalue weighted by atomic mass is 79.9. The van der Waals surface area contributed by atoms with Crippen LogP contribution in [-0.4, -0.2) is 11.9 Å². The van der Waals surface area contributed by atoms with Crippen LogP contribution in [0.25, 0.3) is 0 Å². The van der Waals surface area contributed by atoms with E-state index in [1.165, 1.54) is 11.1 Å². The van der Waals surface area contributed by atoms with Crippen molar-refractivity contribution in [2.75, 3.05) is 12.8 Å². The number of benzene rings is 2. The average molecular weight is 319 g/mol. The van der Waals surface area contributed by atoms with Gasteiger partial charge in [0.05, 0.1) is 0 Å².